The van der Waals surface area contributed by atoms with E-state index >= 15 is 0 Å². The molecule has 0 aromatic heterocycles. The van der Waals surface area contributed by atoms with Gasteiger partial charge in [0.15, 0.2) is 0 Å². The van der Waals surface area contributed by atoms with Crippen LogP contribution in [-0.2, 0) is 0 Å². The molecule has 0 saturated carbocycles. The second-order valence-electron chi connectivity index (χ2n) is 4.25. The van der Waals surface area contributed by atoms with Gasteiger partial charge in [0.05, 0.1) is 0 Å². The number of unbranched alkanes of at least 4 members (excludes halogenated alkanes) is 1. The molecular weight excluding hydrogens is 190 g/mol. The molecule has 4 heteroatoms. The van der Waals surface area contributed by atoms with Crippen LogP contribution in [0.15, 0.2) is 0 Å². The molecule has 0 heterocycles. The first-order valence-corrected chi connectivity index (χ1v) is 5.75. The van der Waals surface area contributed by atoms with Crippen LogP contribution in [0.3, 0.4) is 0 Å². The molecule has 0 aliphatic rings. The number of hydrogen-bond donors (Lipinski definition) is 2. The van der Waals surface area contributed by atoms with Gasteiger partial charge in [0, 0.05) is 12.6 Å². The van der Waals surface area contributed by atoms with Gasteiger partial charge in [-0.2, -0.15) is 0 Å². The number of hydrogen-bond acceptors (Lipinski definition) is 2. The molecule has 0 spiro atoms. The average Bonchev–Trinajstić information content (AvgIpc) is 2.15. The number of carbonyl (C=O) groups excluding carboxylic acids is 1. The molecule has 4 nitrogen and oxygen atoms in total. The molecule has 90 valence electrons. The minimum absolute atomic E-state index is 0.0466. The number of urea groups is 1. The highest BCUT2D eigenvalue weighted by molar-refractivity contribution is 5.74. The summed E-state index contributed by atoms with van der Waals surface area (Å²) in [6.45, 7) is 5.90. The molecule has 0 aromatic rings. The van der Waals surface area contributed by atoms with E-state index in [9.17, 15) is 4.79 Å². The molecule has 1 atom stereocenters. The van der Waals surface area contributed by atoms with E-state index in [1.165, 1.54) is 0 Å². The van der Waals surface area contributed by atoms with Crippen LogP contribution in [0.5, 0.6) is 0 Å². The summed E-state index contributed by atoms with van der Waals surface area (Å²) in [5.41, 5.74) is 0. The van der Waals surface area contributed by atoms with Gasteiger partial charge in [-0.05, 0) is 40.4 Å². The van der Waals surface area contributed by atoms with Crippen LogP contribution in [0.1, 0.15) is 33.1 Å². The predicted molar refractivity (Wildman–Crippen MR) is 64.1 cm³/mol. The topological polar surface area (TPSA) is 44.4 Å². The Kier molecular flexibility index (Phi) is 8.09. The molecule has 0 fully saturated rings. The summed E-state index contributed by atoms with van der Waals surface area (Å²) in [5, 5.41) is 5.76. The first-order chi connectivity index (χ1) is 7.06. The van der Waals surface area contributed by atoms with Gasteiger partial charge >= 0.3 is 6.03 Å². The normalized spacial score (nSPS) is 12.6. The van der Waals surface area contributed by atoms with Gasteiger partial charge in [-0.25, -0.2) is 4.79 Å². The largest absolute Gasteiger partial charge is 0.338 e. The van der Waals surface area contributed by atoms with Crippen LogP contribution in [0, 0.1) is 0 Å². The van der Waals surface area contributed by atoms with Crippen molar-refractivity contribution >= 4 is 6.03 Å². The lowest BCUT2D eigenvalue weighted by Crippen LogP contribution is -2.42. The number of amides is 2. The molecule has 2 amide bonds. The highest BCUT2D eigenvalue weighted by Gasteiger charge is 2.06. The maximum Gasteiger partial charge on any atom is 0.314 e. The Morgan fingerprint density at radius 2 is 2.07 bits per heavy atom. The maximum atomic E-state index is 11.3. The van der Waals surface area contributed by atoms with E-state index < -0.39 is 0 Å². The molecule has 1 unspecified atom stereocenters. The minimum atomic E-state index is -0.0466. The third kappa shape index (κ3) is 9.53. The SMILES string of the molecule is CCCCNC(=O)NC(C)CCN(C)C. The van der Waals surface area contributed by atoms with E-state index in [2.05, 4.69) is 22.5 Å². The summed E-state index contributed by atoms with van der Waals surface area (Å²) in [5.74, 6) is 0. The van der Waals surface area contributed by atoms with Gasteiger partial charge in [0.25, 0.3) is 0 Å². The van der Waals surface area contributed by atoms with Crippen molar-refractivity contribution in [1.82, 2.24) is 15.5 Å². The lowest BCUT2D eigenvalue weighted by Gasteiger charge is -2.17. The van der Waals surface area contributed by atoms with Crippen LogP contribution in [0.25, 0.3) is 0 Å². The van der Waals surface area contributed by atoms with Gasteiger partial charge in [-0.3, -0.25) is 0 Å². The van der Waals surface area contributed by atoms with Crippen LogP contribution in [0.2, 0.25) is 0 Å². The maximum absolute atomic E-state index is 11.3. The highest BCUT2D eigenvalue weighted by Crippen LogP contribution is 1.92. The Bertz CT molecular complexity index is 171. The quantitative estimate of drug-likeness (QED) is 0.631. The molecule has 15 heavy (non-hydrogen) atoms. The van der Waals surface area contributed by atoms with Crippen molar-refractivity contribution in [2.45, 2.75) is 39.2 Å². The van der Waals surface area contributed by atoms with Gasteiger partial charge < -0.3 is 15.5 Å². The summed E-state index contributed by atoms with van der Waals surface area (Å²) >= 11 is 0. The molecule has 0 rings (SSSR count). The first-order valence-electron chi connectivity index (χ1n) is 5.75. The molecular formula is C11H25N3O. The summed E-state index contributed by atoms with van der Waals surface area (Å²) in [6.07, 6.45) is 3.13. The number of rotatable bonds is 7. The molecule has 0 aromatic carbocycles. The monoisotopic (exact) mass is 215 g/mol. The van der Waals surface area contributed by atoms with Crippen molar-refractivity contribution in [2.24, 2.45) is 0 Å². The van der Waals surface area contributed by atoms with Crippen molar-refractivity contribution < 1.29 is 4.79 Å². The predicted octanol–water partition coefficient (Wildman–Crippen LogP) is 1.43. The summed E-state index contributed by atoms with van der Waals surface area (Å²) in [7, 11) is 4.07. The van der Waals surface area contributed by atoms with E-state index in [4.69, 9.17) is 0 Å². The number of nitrogens with one attached hydrogen (secondary N) is 2. The fraction of sp³-hybridized carbons (Fsp3) is 0.909. The van der Waals surface area contributed by atoms with E-state index in [1.54, 1.807) is 0 Å². The molecule has 0 radical (unpaired) electrons. The van der Waals surface area contributed by atoms with Crippen LogP contribution in [-0.4, -0.2) is 44.2 Å². The zero-order valence-electron chi connectivity index (χ0n) is 10.5. The first kappa shape index (κ1) is 14.2. The Morgan fingerprint density at radius 1 is 1.40 bits per heavy atom. The summed E-state index contributed by atoms with van der Waals surface area (Å²) < 4.78 is 0. The summed E-state index contributed by atoms with van der Waals surface area (Å²) in [4.78, 5) is 13.5. The Balaban J connectivity index is 3.49. The zero-order chi connectivity index (χ0) is 11.7. The zero-order valence-corrected chi connectivity index (χ0v) is 10.5. The van der Waals surface area contributed by atoms with Gasteiger partial charge in [-0.15, -0.1) is 0 Å². The lowest BCUT2D eigenvalue weighted by atomic mass is 10.2. The third-order valence-electron chi connectivity index (χ3n) is 2.20. The highest BCUT2D eigenvalue weighted by atomic mass is 16.2. The standard InChI is InChI=1S/C11H25N3O/c1-5-6-8-12-11(15)13-10(2)7-9-14(3)4/h10H,5-9H2,1-4H3,(H2,12,13,15). The summed E-state index contributed by atoms with van der Waals surface area (Å²) in [6, 6.07) is 0.184. The second-order valence-corrected chi connectivity index (χ2v) is 4.25. The molecule has 2 N–H and O–H groups in total. The van der Waals surface area contributed by atoms with Crippen LogP contribution < -0.4 is 10.6 Å². The smallest absolute Gasteiger partial charge is 0.314 e. The van der Waals surface area contributed by atoms with Crippen molar-refractivity contribution in [2.75, 3.05) is 27.2 Å². The molecule has 0 aliphatic carbocycles. The minimum Gasteiger partial charge on any atom is -0.338 e. The van der Waals surface area contributed by atoms with Gasteiger partial charge in [0.2, 0.25) is 0 Å². The lowest BCUT2D eigenvalue weighted by molar-refractivity contribution is 0.236. The van der Waals surface area contributed by atoms with E-state index in [0.717, 1.165) is 32.4 Å². The molecule has 0 saturated heterocycles. The van der Waals surface area contributed by atoms with Gasteiger partial charge in [0.1, 0.15) is 0 Å². The Morgan fingerprint density at radius 3 is 2.60 bits per heavy atom. The van der Waals surface area contributed by atoms with E-state index in [1.807, 2.05) is 21.0 Å². The van der Waals surface area contributed by atoms with Crippen LogP contribution >= 0.6 is 0 Å². The second kappa shape index (κ2) is 8.53. The third-order valence-corrected chi connectivity index (χ3v) is 2.20. The van der Waals surface area contributed by atoms with Crippen molar-refractivity contribution in [3.63, 3.8) is 0 Å². The number of carbonyl (C=O) groups is 1. The van der Waals surface area contributed by atoms with Crippen molar-refractivity contribution in [3.05, 3.63) is 0 Å². The van der Waals surface area contributed by atoms with Crippen molar-refractivity contribution in [1.29, 1.82) is 0 Å². The Hall–Kier alpha value is -0.770. The Labute approximate surface area is 93.4 Å². The molecule has 0 bridgehead atoms. The molecule has 0 aliphatic heterocycles. The van der Waals surface area contributed by atoms with Crippen molar-refractivity contribution in [3.8, 4) is 0 Å². The average molecular weight is 215 g/mol. The van der Waals surface area contributed by atoms with E-state index in [0.29, 0.717) is 0 Å². The van der Waals surface area contributed by atoms with E-state index in [-0.39, 0.29) is 12.1 Å². The fourth-order valence-corrected chi connectivity index (χ4v) is 1.18. The fourth-order valence-electron chi connectivity index (χ4n) is 1.18. The number of nitrogens with zero attached hydrogens (tertiary/aromatic N) is 1. The van der Waals surface area contributed by atoms with Gasteiger partial charge in [-0.1, -0.05) is 13.3 Å². The van der Waals surface area contributed by atoms with Crippen LogP contribution in [0.4, 0.5) is 4.79 Å².